The van der Waals surface area contributed by atoms with Crippen LogP contribution in [0.5, 0.6) is 0 Å². The van der Waals surface area contributed by atoms with E-state index < -0.39 is 5.60 Å². The molecule has 1 heterocycles. The van der Waals surface area contributed by atoms with Crippen molar-refractivity contribution in [3.05, 3.63) is 11.6 Å². The second kappa shape index (κ2) is 6.30. The molecule has 1 fully saturated rings. The highest BCUT2D eigenvalue weighted by Gasteiger charge is 2.29. The number of rotatable bonds is 4. The van der Waals surface area contributed by atoms with Crippen LogP contribution >= 0.6 is 11.8 Å². The maximum absolute atomic E-state index is 11.6. The van der Waals surface area contributed by atoms with Crippen LogP contribution in [0.15, 0.2) is 11.6 Å². The molecule has 16 heavy (non-hydrogen) atoms. The molecule has 0 spiro atoms. The lowest BCUT2D eigenvalue weighted by atomic mass is 9.97. The highest BCUT2D eigenvalue weighted by molar-refractivity contribution is 7.99. The lowest BCUT2D eigenvalue weighted by molar-refractivity contribution is -0.118. The predicted molar refractivity (Wildman–Crippen MR) is 68.6 cm³/mol. The van der Waals surface area contributed by atoms with Crippen LogP contribution in [0.3, 0.4) is 0 Å². The zero-order valence-electron chi connectivity index (χ0n) is 10.1. The van der Waals surface area contributed by atoms with Crippen molar-refractivity contribution < 1.29 is 9.90 Å². The SMILES string of the molecule is CCC=C(C)C(=O)NCC1(O)CCSCC1. The quantitative estimate of drug-likeness (QED) is 0.739. The normalized spacial score (nSPS) is 20.6. The van der Waals surface area contributed by atoms with Crippen molar-refractivity contribution >= 4 is 17.7 Å². The molecule has 0 aromatic rings. The zero-order chi connectivity index (χ0) is 12.0. The molecule has 4 heteroatoms. The van der Waals surface area contributed by atoms with Crippen LogP contribution in [0.4, 0.5) is 0 Å². The van der Waals surface area contributed by atoms with Crippen molar-refractivity contribution in [2.45, 2.75) is 38.7 Å². The monoisotopic (exact) mass is 243 g/mol. The number of aliphatic hydroxyl groups is 1. The summed E-state index contributed by atoms with van der Waals surface area (Å²) in [6.07, 6.45) is 4.30. The molecule has 1 aliphatic heterocycles. The lowest BCUT2D eigenvalue weighted by Crippen LogP contribution is -2.45. The molecule has 0 radical (unpaired) electrons. The smallest absolute Gasteiger partial charge is 0.246 e. The summed E-state index contributed by atoms with van der Waals surface area (Å²) >= 11 is 1.86. The summed E-state index contributed by atoms with van der Waals surface area (Å²) in [5.74, 6) is 1.90. The van der Waals surface area contributed by atoms with Gasteiger partial charge in [-0.3, -0.25) is 4.79 Å². The highest BCUT2D eigenvalue weighted by atomic mass is 32.2. The van der Waals surface area contributed by atoms with Crippen molar-refractivity contribution in [3.8, 4) is 0 Å². The Kier molecular flexibility index (Phi) is 5.35. The van der Waals surface area contributed by atoms with Crippen LogP contribution in [-0.4, -0.2) is 34.7 Å². The first kappa shape index (κ1) is 13.6. The summed E-state index contributed by atoms with van der Waals surface area (Å²) in [7, 11) is 0. The van der Waals surface area contributed by atoms with Crippen LogP contribution in [0, 0.1) is 0 Å². The van der Waals surface area contributed by atoms with Gasteiger partial charge in [-0.25, -0.2) is 0 Å². The van der Waals surface area contributed by atoms with Crippen LogP contribution in [0.25, 0.3) is 0 Å². The number of nitrogens with one attached hydrogen (secondary N) is 1. The maximum atomic E-state index is 11.6. The molecule has 0 atom stereocenters. The summed E-state index contributed by atoms with van der Waals surface area (Å²) < 4.78 is 0. The number of thioether (sulfide) groups is 1. The van der Waals surface area contributed by atoms with Gasteiger partial charge in [0.25, 0.3) is 0 Å². The average Bonchev–Trinajstić information content (AvgIpc) is 2.27. The summed E-state index contributed by atoms with van der Waals surface area (Å²) in [6, 6.07) is 0. The minimum absolute atomic E-state index is 0.0616. The van der Waals surface area contributed by atoms with E-state index in [2.05, 4.69) is 5.32 Å². The van der Waals surface area contributed by atoms with Gasteiger partial charge >= 0.3 is 0 Å². The number of hydrogen-bond donors (Lipinski definition) is 2. The molecule has 92 valence electrons. The third kappa shape index (κ3) is 4.18. The van der Waals surface area contributed by atoms with E-state index in [1.807, 2.05) is 24.8 Å². The fourth-order valence-corrected chi connectivity index (χ4v) is 2.96. The molecule has 0 unspecified atom stereocenters. The van der Waals surface area contributed by atoms with E-state index in [0.29, 0.717) is 6.54 Å². The summed E-state index contributed by atoms with van der Waals surface area (Å²) in [6.45, 7) is 4.18. The molecule has 0 saturated carbocycles. The van der Waals surface area contributed by atoms with Gasteiger partial charge in [0.2, 0.25) is 5.91 Å². The van der Waals surface area contributed by atoms with Crippen LogP contribution in [0.2, 0.25) is 0 Å². The molecule has 0 bridgehead atoms. The molecular weight excluding hydrogens is 222 g/mol. The molecule has 1 aliphatic rings. The van der Waals surface area contributed by atoms with Gasteiger partial charge in [-0.15, -0.1) is 0 Å². The Balaban J connectivity index is 2.38. The van der Waals surface area contributed by atoms with Crippen molar-refractivity contribution in [2.75, 3.05) is 18.1 Å². The number of hydrogen-bond acceptors (Lipinski definition) is 3. The first-order valence-electron chi connectivity index (χ1n) is 5.82. The van der Waals surface area contributed by atoms with E-state index in [-0.39, 0.29) is 5.91 Å². The average molecular weight is 243 g/mol. The van der Waals surface area contributed by atoms with Crippen LogP contribution in [-0.2, 0) is 4.79 Å². The number of amides is 1. The topological polar surface area (TPSA) is 49.3 Å². The minimum atomic E-state index is -0.687. The Morgan fingerprint density at radius 3 is 2.69 bits per heavy atom. The van der Waals surface area contributed by atoms with E-state index in [0.717, 1.165) is 36.3 Å². The van der Waals surface area contributed by atoms with Crippen molar-refractivity contribution in [1.29, 1.82) is 0 Å². The largest absolute Gasteiger partial charge is 0.388 e. The first-order chi connectivity index (χ1) is 7.57. The van der Waals surface area contributed by atoms with E-state index in [1.165, 1.54) is 0 Å². The summed E-state index contributed by atoms with van der Waals surface area (Å²) in [4.78, 5) is 11.6. The number of carbonyl (C=O) groups excluding carboxylic acids is 1. The summed E-state index contributed by atoms with van der Waals surface area (Å²) in [5.41, 5.74) is 0.0456. The van der Waals surface area contributed by atoms with Gasteiger partial charge < -0.3 is 10.4 Å². The van der Waals surface area contributed by atoms with Crippen LogP contribution < -0.4 is 5.32 Å². The maximum Gasteiger partial charge on any atom is 0.246 e. The molecule has 1 amide bonds. The highest BCUT2D eigenvalue weighted by Crippen LogP contribution is 2.26. The van der Waals surface area contributed by atoms with Gasteiger partial charge in [0, 0.05) is 12.1 Å². The molecule has 2 N–H and O–H groups in total. The van der Waals surface area contributed by atoms with E-state index in [1.54, 1.807) is 6.92 Å². The van der Waals surface area contributed by atoms with Gasteiger partial charge in [-0.2, -0.15) is 11.8 Å². The van der Waals surface area contributed by atoms with Crippen molar-refractivity contribution in [2.24, 2.45) is 0 Å². The Labute approximate surface area is 102 Å². The van der Waals surface area contributed by atoms with Gasteiger partial charge in [0.1, 0.15) is 0 Å². The minimum Gasteiger partial charge on any atom is -0.388 e. The van der Waals surface area contributed by atoms with E-state index >= 15 is 0 Å². The third-order valence-corrected chi connectivity index (χ3v) is 3.86. The Bertz CT molecular complexity index is 270. The molecule has 0 aromatic heterocycles. The fourth-order valence-electron chi connectivity index (χ4n) is 1.71. The molecular formula is C12H21NO2S. The van der Waals surface area contributed by atoms with Gasteiger partial charge in [-0.1, -0.05) is 13.0 Å². The standard InChI is InChI=1S/C12H21NO2S/c1-3-4-10(2)11(14)13-9-12(15)5-7-16-8-6-12/h4,15H,3,5-9H2,1-2H3,(H,13,14). The second-order valence-electron chi connectivity index (χ2n) is 4.31. The Morgan fingerprint density at radius 1 is 1.50 bits per heavy atom. The molecule has 0 aliphatic carbocycles. The Hall–Kier alpha value is -0.480. The summed E-state index contributed by atoms with van der Waals surface area (Å²) in [5, 5.41) is 13.0. The molecule has 0 aromatic carbocycles. The van der Waals surface area contributed by atoms with E-state index in [4.69, 9.17) is 0 Å². The molecule has 1 rings (SSSR count). The van der Waals surface area contributed by atoms with Gasteiger partial charge in [0.05, 0.1) is 5.60 Å². The van der Waals surface area contributed by atoms with Gasteiger partial charge in [0.15, 0.2) is 0 Å². The second-order valence-corrected chi connectivity index (χ2v) is 5.54. The fraction of sp³-hybridized carbons (Fsp3) is 0.750. The molecule has 1 saturated heterocycles. The van der Waals surface area contributed by atoms with Gasteiger partial charge in [-0.05, 0) is 37.7 Å². The molecule has 3 nitrogen and oxygen atoms in total. The van der Waals surface area contributed by atoms with Crippen molar-refractivity contribution in [1.82, 2.24) is 5.32 Å². The predicted octanol–water partition coefficient (Wildman–Crippen LogP) is 1.72. The Morgan fingerprint density at radius 2 is 2.12 bits per heavy atom. The zero-order valence-corrected chi connectivity index (χ0v) is 10.9. The number of carbonyl (C=O) groups is 1. The van der Waals surface area contributed by atoms with Crippen molar-refractivity contribution in [3.63, 3.8) is 0 Å². The first-order valence-corrected chi connectivity index (χ1v) is 6.98. The number of allylic oxidation sites excluding steroid dienone is 1. The third-order valence-electron chi connectivity index (χ3n) is 2.87. The van der Waals surface area contributed by atoms with E-state index in [9.17, 15) is 9.90 Å². The lowest BCUT2D eigenvalue weighted by Gasteiger charge is -2.31. The van der Waals surface area contributed by atoms with Crippen LogP contribution in [0.1, 0.15) is 33.1 Å².